The van der Waals surface area contributed by atoms with E-state index >= 15 is 0 Å². The molecule has 2 atom stereocenters. The van der Waals surface area contributed by atoms with Crippen molar-refractivity contribution in [3.05, 3.63) is 28.7 Å². The average molecular weight is 342 g/mol. The van der Waals surface area contributed by atoms with Crippen LogP contribution in [0.2, 0.25) is 0 Å². The maximum Gasteiger partial charge on any atom is 0.223 e. The summed E-state index contributed by atoms with van der Waals surface area (Å²) >= 11 is 3.37. The van der Waals surface area contributed by atoms with Crippen LogP contribution < -0.4 is 10.1 Å². The summed E-state index contributed by atoms with van der Waals surface area (Å²) in [6.45, 7) is 1.03. The van der Waals surface area contributed by atoms with Crippen LogP contribution >= 0.6 is 15.9 Å². The van der Waals surface area contributed by atoms with Crippen LogP contribution in [0.3, 0.4) is 0 Å². The SMILES string of the molecule is O=C(CCOc1cccc(Br)c1)NCC1CCC(O)C1. The van der Waals surface area contributed by atoms with E-state index in [0.29, 0.717) is 25.5 Å². The van der Waals surface area contributed by atoms with Gasteiger partial charge in [0.1, 0.15) is 5.75 Å². The van der Waals surface area contributed by atoms with Gasteiger partial charge in [-0.05, 0) is 43.4 Å². The van der Waals surface area contributed by atoms with Gasteiger partial charge in [0.25, 0.3) is 0 Å². The van der Waals surface area contributed by atoms with Gasteiger partial charge in [0, 0.05) is 11.0 Å². The number of carbonyl (C=O) groups is 1. The number of ether oxygens (including phenoxy) is 1. The van der Waals surface area contributed by atoms with Gasteiger partial charge in [-0.2, -0.15) is 0 Å². The van der Waals surface area contributed by atoms with Crippen LogP contribution in [0.15, 0.2) is 28.7 Å². The van der Waals surface area contributed by atoms with Crippen molar-refractivity contribution >= 4 is 21.8 Å². The predicted molar refractivity (Wildman–Crippen MR) is 80.6 cm³/mol. The van der Waals surface area contributed by atoms with Crippen molar-refractivity contribution in [2.75, 3.05) is 13.2 Å². The standard InChI is InChI=1S/C15H20BrNO3/c16-12-2-1-3-14(9-12)20-7-6-15(19)17-10-11-4-5-13(18)8-11/h1-3,9,11,13,18H,4-8,10H2,(H,17,19). The first kappa shape index (κ1) is 15.3. The van der Waals surface area contributed by atoms with E-state index in [4.69, 9.17) is 4.74 Å². The van der Waals surface area contributed by atoms with Crippen molar-refractivity contribution in [2.24, 2.45) is 5.92 Å². The Bertz CT molecular complexity index is 452. The number of aliphatic hydroxyl groups is 1. The summed E-state index contributed by atoms with van der Waals surface area (Å²) in [5.41, 5.74) is 0. The first-order valence-corrected chi connectivity index (χ1v) is 7.76. The zero-order valence-corrected chi connectivity index (χ0v) is 12.9. The van der Waals surface area contributed by atoms with Crippen LogP contribution in [0, 0.1) is 5.92 Å². The Morgan fingerprint density at radius 3 is 3.00 bits per heavy atom. The Balaban J connectivity index is 1.60. The van der Waals surface area contributed by atoms with Crippen molar-refractivity contribution in [3.8, 4) is 5.75 Å². The molecule has 1 saturated carbocycles. The molecule has 2 unspecified atom stereocenters. The van der Waals surface area contributed by atoms with E-state index in [0.717, 1.165) is 29.5 Å². The first-order chi connectivity index (χ1) is 9.63. The Morgan fingerprint density at radius 2 is 2.30 bits per heavy atom. The van der Waals surface area contributed by atoms with Gasteiger partial charge in [0.05, 0.1) is 19.1 Å². The number of nitrogens with one attached hydrogen (secondary N) is 1. The van der Waals surface area contributed by atoms with Crippen LogP contribution in [-0.4, -0.2) is 30.3 Å². The van der Waals surface area contributed by atoms with Gasteiger partial charge in [0.2, 0.25) is 5.91 Å². The fraction of sp³-hybridized carbons (Fsp3) is 0.533. The molecule has 0 radical (unpaired) electrons. The maximum atomic E-state index is 11.7. The molecule has 4 nitrogen and oxygen atoms in total. The van der Waals surface area contributed by atoms with Gasteiger partial charge in [0.15, 0.2) is 0 Å². The van der Waals surface area contributed by atoms with Gasteiger partial charge in [-0.3, -0.25) is 4.79 Å². The van der Waals surface area contributed by atoms with Crippen LogP contribution in [0.5, 0.6) is 5.75 Å². The number of hydrogen-bond donors (Lipinski definition) is 2. The van der Waals surface area contributed by atoms with Gasteiger partial charge in [-0.15, -0.1) is 0 Å². The summed E-state index contributed by atoms with van der Waals surface area (Å²) in [7, 11) is 0. The molecule has 20 heavy (non-hydrogen) atoms. The number of carbonyl (C=O) groups excluding carboxylic acids is 1. The highest BCUT2D eigenvalue weighted by Crippen LogP contribution is 2.24. The lowest BCUT2D eigenvalue weighted by Crippen LogP contribution is -2.29. The third-order valence-electron chi connectivity index (χ3n) is 3.50. The van der Waals surface area contributed by atoms with Crippen molar-refractivity contribution < 1.29 is 14.6 Å². The van der Waals surface area contributed by atoms with E-state index in [1.54, 1.807) is 0 Å². The number of amides is 1. The van der Waals surface area contributed by atoms with E-state index in [-0.39, 0.29) is 12.0 Å². The average Bonchev–Trinajstić information content (AvgIpc) is 2.82. The molecule has 1 amide bonds. The Hall–Kier alpha value is -1.07. The smallest absolute Gasteiger partial charge is 0.223 e. The quantitative estimate of drug-likeness (QED) is 0.835. The monoisotopic (exact) mass is 341 g/mol. The predicted octanol–water partition coefficient (Wildman–Crippen LogP) is 2.50. The second-order valence-corrected chi connectivity index (χ2v) is 6.11. The number of aliphatic hydroxyl groups excluding tert-OH is 1. The topological polar surface area (TPSA) is 58.6 Å². The lowest BCUT2D eigenvalue weighted by atomic mass is 10.1. The van der Waals surface area contributed by atoms with E-state index in [9.17, 15) is 9.90 Å². The highest BCUT2D eigenvalue weighted by molar-refractivity contribution is 9.10. The van der Waals surface area contributed by atoms with Crippen LogP contribution in [0.4, 0.5) is 0 Å². The molecule has 0 saturated heterocycles. The molecule has 0 heterocycles. The Kier molecular flexibility index (Phi) is 5.86. The third-order valence-corrected chi connectivity index (χ3v) is 3.99. The van der Waals surface area contributed by atoms with E-state index < -0.39 is 0 Å². The summed E-state index contributed by atoms with van der Waals surface area (Å²) in [4.78, 5) is 11.7. The fourth-order valence-corrected chi connectivity index (χ4v) is 2.78. The van der Waals surface area contributed by atoms with Crippen LogP contribution in [0.25, 0.3) is 0 Å². The summed E-state index contributed by atoms with van der Waals surface area (Å²) in [5.74, 6) is 1.17. The molecule has 1 aliphatic rings. The second kappa shape index (κ2) is 7.64. The molecule has 110 valence electrons. The summed E-state index contributed by atoms with van der Waals surface area (Å²) in [6.07, 6.45) is 2.82. The number of benzene rings is 1. The Morgan fingerprint density at radius 1 is 1.45 bits per heavy atom. The molecule has 2 rings (SSSR count). The number of hydrogen-bond acceptors (Lipinski definition) is 3. The molecule has 5 heteroatoms. The van der Waals surface area contributed by atoms with E-state index in [1.165, 1.54) is 0 Å². The van der Waals surface area contributed by atoms with Crippen molar-refractivity contribution in [2.45, 2.75) is 31.8 Å². The third kappa shape index (κ3) is 5.13. The van der Waals surface area contributed by atoms with Crippen LogP contribution in [0.1, 0.15) is 25.7 Å². The molecular weight excluding hydrogens is 322 g/mol. The van der Waals surface area contributed by atoms with Gasteiger partial charge < -0.3 is 15.2 Å². The van der Waals surface area contributed by atoms with Gasteiger partial charge >= 0.3 is 0 Å². The number of halogens is 1. The largest absolute Gasteiger partial charge is 0.493 e. The molecule has 1 aromatic rings. The van der Waals surface area contributed by atoms with Crippen molar-refractivity contribution in [3.63, 3.8) is 0 Å². The van der Waals surface area contributed by atoms with Gasteiger partial charge in [-0.25, -0.2) is 0 Å². The molecule has 1 aliphatic carbocycles. The van der Waals surface area contributed by atoms with E-state index in [1.807, 2.05) is 24.3 Å². The lowest BCUT2D eigenvalue weighted by Gasteiger charge is -2.11. The highest BCUT2D eigenvalue weighted by Gasteiger charge is 2.22. The first-order valence-electron chi connectivity index (χ1n) is 6.96. The minimum absolute atomic E-state index is 0.00128. The van der Waals surface area contributed by atoms with Crippen molar-refractivity contribution in [1.29, 1.82) is 0 Å². The molecule has 0 bridgehead atoms. The number of rotatable bonds is 6. The van der Waals surface area contributed by atoms with Crippen LogP contribution in [-0.2, 0) is 4.79 Å². The molecule has 1 aromatic carbocycles. The summed E-state index contributed by atoms with van der Waals surface area (Å²) in [5, 5.41) is 12.3. The fourth-order valence-electron chi connectivity index (χ4n) is 2.40. The molecular formula is C15H20BrNO3. The Labute approximate surface area is 127 Å². The van der Waals surface area contributed by atoms with E-state index in [2.05, 4.69) is 21.2 Å². The maximum absolute atomic E-state index is 11.7. The minimum atomic E-state index is -0.184. The normalized spacial score (nSPS) is 21.7. The highest BCUT2D eigenvalue weighted by atomic mass is 79.9. The summed E-state index contributed by atoms with van der Waals surface area (Å²) in [6, 6.07) is 7.56. The lowest BCUT2D eigenvalue weighted by molar-refractivity contribution is -0.121. The molecule has 0 spiro atoms. The van der Waals surface area contributed by atoms with Gasteiger partial charge in [-0.1, -0.05) is 22.0 Å². The molecule has 0 aromatic heterocycles. The zero-order chi connectivity index (χ0) is 14.4. The minimum Gasteiger partial charge on any atom is -0.493 e. The molecule has 1 fully saturated rings. The zero-order valence-electron chi connectivity index (χ0n) is 11.3. The van der Waals surface area contributed by atoms with Crippen molar-refractivity contribution in [1.82, 2.24) is 5.32 Å². The molecule has 2 N–H and O–H groups in total. The molecule has 0 aliphatic heterocycles. The second-order valence-electron chi connectivity index (χ2n) is 5.19. The summed E-state index contributed by atoms with van der Waals surface area (Å²) < 4.78 is 6.47.